The first-order chi connectivity index (χ1) is 30.1. The molecule has 0 spiro atoms. The molecular weight excluding hydrogens is 927 g/mol. The summed E-state index contributed by atoms with van der Waals surface area (Å²) in [5.74, 6) is -1.68. The number of hydrogen-bond donors (Lipinski definition) is 8. The summed E-state index contributed by atoms with van der Waals surface area (Å²) in [7, 11) is 0. The number of aliphatic imine (C=N–C) groups is 4. The number of nitrogens with zero attached hydrogens (tertiary/aromatic N) is 6. The average Bonchev–Trinajstić information content (AvgIpc) is 3.20. The second-order valence-electron chi connectivity index (χ2n) is 15.4. The number of phenols is 2. The van der Waals surface area contributed by atoms with Crippen molar-refractivity contribution in [1.29, 1.82) is 0 Å². The average molecular weight is 971 g/mol. The number of nitrogens with two attached hydrogens (primary N) is 4. The number of benzene rings is 6. The number of aromatic hydroxyl groups is 2. The Labute approximate surface area is 385 Å². The molecule has 0 saturated carbocycles. The topological polar surface area (TPSA) is 275 Å². The van der Waals surface area contributed by atoms with Crippen LogP contribution < -0.4 is 32.7 Å². The van der Waals surface area contributed by atoms with Gasteiger partial charge < -0.3 is 43.4 Å². The molecule has 0 saturated heterocycles. The van der Waals surface area contributed by atoms with E-state index in [1.165, 1.54) is 24.3 Å². The summed E-state index contributed by atoms with van der Waals surface area (Å²) in [6.45, 7) is 7.65. The van der Waals surface area contributed by atoms with Crippen LogP contribution in [0, 0.1) is 0 Å². The van der Waals surface area contributed by atoms with Crippen molar-refractivity contribution in [3.05, 3.63) is 140 Å². The van der Waals surface area contributed by atoms with E-state index in [1.807, 2.05) is 52.0 Å². The lowest BCUT2D eigenvalue weighted by molar-refractivity contribution is 0.0684. The van der Waals surface area contributed by atoms with Gasteiger partial charge in [-0.1, -0.05) is 57.3 Å². The van der Waals surface area contributed by atoms with Crippen LogP contribution in [0.25, 0.3) is 21.5 Å². The molecule has 2 aliphatic heterocycles. The molecule has 0 aromatic heterocycles. The number of phenolic OH excluding ortho intramolecular Hbond substituents is 1. The maximum Gasteiger partial charge on any atom is 0.339 e. The molecule has 0 aliphatic carbocycles. The van der Waals surface area contributed by atoms with Crippen LogP contribution >= 0.6 is 39.1 Å². The van der Waals surface area contributed by atoms with E-state index < -0.39 is 23.3 Å². The first-order valence-electron chi connectivity index (χ1n) is 19.2. The van der Waals surface area contributed by atoms with Gasteiger partial charge in [0.05, 0.1) is 5.56 Å². The summed E-state index contributed by atoms with van der Waals surface area (Å²) in [5, 5.41) is 43.8. The van der Waals surface area contributed by atoms with E-state index in [2.05, 4.69) is 35.9 Å². The fraction of sp³-hybridized carbons (Fsp3) is 0.156. The molecular formula is C45H43BrCl2N10O6. The highest BCUT2D eigenvalue weighted by Crippen LogP contribution is 2.38. The van der Waals surface area contributed by atoms with E-state index in [9.17, 15) is 30.0 Å². The number of anilines is 2. The van der Waals surface area contributed by atoms with E-state index in [4.69, 9.17) is 46.1 Å². The Morgan fingerprint density at radius 3 is 1.58 bits per heavy atom. The predicted octanol–water partition coefficient (Wildman–Crippen LogP) is 8.20. The first kappa shape index (κ1) is 46.4. The van der Waals surface area contributed by atoms with Crippen LogP contribution in [0.2, 0.25) is 10.0 Å². The van der Waals surface area contributed by atoms with Gasteiger partial charge in [0.2, 0.25) is 23.8 Å². The van der Waals surface area contributed by atoms with Crippen molar-refractivity contribution in [2.45, 2.75) is 45.4 Å². The molecule has 16 nitrogen and oxygen atoms in total. The molecule has 2 aliphatic rings. The van der Waals surface area contributed by atoms with Gasteiger partial charge in [-0.05, 0) is 134 Å². The smallest absolute Gasteiger partial charge is 0.339 e. The zero-order valence-corrected chi connectivity index (χ0v) is 37.9. The lowest BCUT2D eigenvalue weighted by atomic mass is 9.91. The molecule has 330 valence electrons. The summed E-state index contributed by atoms with van der Waals surface area (Å²) in [6, 6.07) is 29.0. The van der Waals surface area contributed by atoms with Gasteiger partial charge in [-0.2, -0.15) is 9.98 Å². The van der Waals surface area contributed by atoms with Gasteiger partial charge in [-0.3, -0.25) is 9.80 Å². The SMILES string of the molecule is CC1(C)N=C(N)N=C(N)N1c1ccc(Cl)cc1.CC1(C)N=C(N)N=C(N)N1c1ccc(Cl)cc1.O=C(O)c1ccc2c(Cc3c(O)c(C(=O)O)cc4cc(Br)ccc34)c(O)ccc2c1. The zero-order chi connectivity index (χ0) is 46.8. The van der Waals surface area contributed by atoms with E-state index in [1.54, 1.807) is 64.4 Å². The number of rotatable bonds is 6. The van der Waals surface area contributed by atoms with Gasteiger partial charge in [-0.25, -0.2) is 19.6 Å². The maximum atomic E-state index is 11.7. The van der Waals surface area contributed by atoms with Crippen LogP contribution in [0.5, 0.6) is 11.5 Å². The Morgan fingerprint density at radius 2 is 1.11 bits per heavy atom. The summed E-state index contributed by atoms with van der Waals surface area (Å²) >= 11 is 15.1. The van der Waals surface area contributed by atoms with Crippen LogP contribution in [0.4, 0.5) is 11.4 Å². The molecule has 6 aromatic carbocycles. The van der Waals surface area contributed by atoms with Crippen molar-refractivity contribution in [2.75, 3.05) is 9.80 Å². The monoisotopic (exact) mass is 968 g/mol. The quantitative estimate of drug-likeness (QED) is 0.0784. The highest BCUT2D eigenvalue weighted by atomic mass is 79.9. The van der Waals surface area contributed by atoms with Crippen LogP contribution in [-0.2, 0) is 6.42 Å². The Bertz CT molecular complexity index is 2850. The van der Waals surface area contributed by atoms with E-state index in [0.717, 1.165) is 15.8 Å². The minimum absolute atomic E-state index is 0.0315. The summed E-state index contributed by atoms with van der Waals surface area (Å²) in [4.78, 5) is 43.0. The van der Waals surface area contributed by atoms with Gasteiger partial charge in [0.15, 0.2) is 0 Å². The minimum Gasteiger partial charge on any atom is -0.508 e. The minimum atomic E-state index is -1.26. The lowest BCUT2D eigenvalue weighted by Crippen LogP contribution is -2.54. The zero-order valence-electron chi connectivity index (χ0n) is 34.8. The Balaban J connectivity index is 0.000000171. The number of aromatic carboxylic acids is 2. The third-order valence-electron chi connectivity index (χ3n) is 10.1. The van der Waals surface area contributed by atoms with Crippen molar-refractivity contribution in [1.82, 2.24) is 0 Å². The standard InChI is InChI=1S/C23H15BrO6.2C11H14ClN5/c24-14-3-5-16-13(8-14)9-19(23(29)30)21(26)18(16)10-17-15-4-1-12(22(27)28)7-11(15)2-6-20(17)25;2*1-11(2)16-9(13)15-10(14)17(11)8-5-3-7(12)4-6-8/h1-9,25-26H,10H2,(H,27,28)(H,29,30);2*3-6H,1-2H3,(H4,13,14,15,16). The molecule has 0 bridgehead atoms. The molecule has 0 atom stereocenters. The predicted molar refractivity (Wildman–Crippen MR) is 258 cm³/mol. The lowest BCUT2D eigenvalue weighted by Gasteiger charge is -2.38. The number of fused-ring (bicyclic) bond motifs is 2. The summed E-state index contributed by atoms with van der Waals surface area (Å²) in [6.07, 6.45) is 0.0562. The fourth-order valence-electron chi connectivity index (χ4n) is 7.34. The Kier molecular flexibility index (Phi) is 13.3. The molecule has 2 heterocycles. The number of guanidine groups is 4. The van der Waals surface area contributed by atoms with E-state index in [0.29, 0.717) is 54.6 Å². The summed E-state index contributed by atoms with van der Waals surface area (Å²) in [5.41, 5.74) is 24.3. The Morgan fingerprint density at radius 1 is 0.625 bits per heavy atom. The number of carbonyl (C=O) groups is 2. The second-order valence-corrected chi connectivity index (χ2v) is 17.2. The van der Waals surface area contributed by atoms with Gasteiger partial charge in [0, 0.05) is 43.4 Å². The number of halogens is 3. The third kappa shape index (κ3) is 10.1. The van der Waals surface area contributed by atoms with Crippen LogP contribution in [0.3, 0.4) is 0 Å². The molecule has 12 N–H and O–H groups in total. The van der Waals surface area contributed by atoms with Gasteiger partial charge >= 0.3 is 11.9 Å². The fourth-order valence-corrected chi connectivity index (χ4v) is 7.98. The third-order valence-corrected chi connectivity index (χ3v) is 11.1. The number of carboxylic acids is 2. The molecule has 0 amide bonds. The van der Waals surface area contributed by atoms with Crippen LogP contribution in [-0.4, -0.2) is 67.5 Å². The van der Waals surface area contributed by atoms with Crippen molar-refractivity contribution in [3.8, 4) is 11.5 Å². The van der Waals surface area contributed by atoms with Crippen LogP contribution in [0.1, 0.15) is 59.5 Å². The molecule has 8 rings (SSSR count). The highest BCUT2D eigenvalue weighted by molar-refractivity contribution is 9.10. The van der Waals surface area contributed by atoms with Gasteiger partial charge in [0.1, 0.15) is 28.4 Å². The number of carboxylic acid groups (broad SMARTS) is 2. The van der Waals surface area contributed by atoms with Gasteiger partial charge in [0.25, 0.3) is 0 Å². The molecule has 0 fully saturated rings. The maximum absolute atomic E-state index is 11.7. The van der Waals surface area contributed by atoms with Crippen molar-refractivity contribution in [2.24, 2.45) is 42.9 Å². The highest BCUT2D eigenvalue weighted by Gasteiger charge is 2.34. The normalized spacial score (nSPS) is 15.1. The van der Waals surface area contributed by atoms with Crippen molar-refractivity contribution < 1.29 is 30.0 Å². The summed E-state index contributed by atoms with van der Waals surface area (Å²) < 4.78 is 0.761. The second kappa shape index (κ2) is 18.3. The van der Waals surface area contributed by atoms with Crippen LogP contribution in [0.15, 0.2) is 128 Å². The largest absolute Gasteiger partial charge is 0.508 e. The van der Waals surface area contributed by atoms with Crippen molar-refractivity contribution >= 4 is 108 Å². The Hall–Kier alpha value is -7.08. The first-order valence-corrected chi connectivity index (χ1v) is 20.8. The molecule has 6 aromatic rings. The van der Waals surface area contributed by atoms with Gasteiger partial charge in [-0.15, -0.1) is 0 Å². The van der Waals surface area contributed by atoms with E-state index >= 15 is 0 Å². The van der Waals surface area contributed by atoms with Crippen molar-refractivity contribution in [3.63, 3.8) is 0 Å². The molecule has 0 unspecified atom stereocenters. The molecule has 19 heteroatoms. The number of hydrogen-bond acceptors (Lipinski definition) is 14. The molecule has 64 heavy (non-hydrogen) atoms. The molecule has 0 radical (unpaired) electrons. The van der Waals surface area contributed by atoms with E-state index in [-0.39, 0.29) is 41.0 Å².